The second kappa shape index (κ2) is 6.77. The molecule has 0 bridgehead atoms. The van der Waals surface area contributed by atoms with Gasteiger partial charge in [0, 0.05) is 12.6 Å². The van der Waals surface area contributed by atoms with Gasteiger partial charge >= 0.3 is 0 Å². The molecule has 1 aromatic rings. The molecule has 0 aromatic heterocycles. The van der Waals surface area contributed by atoms with Gasteiger partial charge in [-0.05, 0) is 24.8 Å². The van der Waals surface area contributed by atoms with Crippen LogP contribution >= 0.6 is 0 Å². The van der Waals surface area contributed by atoms with Crippen molar-refractivity contribution in [2.75, 3.05) is 6.54 Å². The van der Waals surface area contributed by atoms with Gasteiger partial charge in [-0.2, -0.15) is 0 Å². The first kappa shape index (κ1) is 14.2. The van der Waals surface area contributed by atoms with E-state index < -0.39 is 6.10 Å². The summed E-state index contributed by atoms with van der Waals surface area (Å²) in [5.74, 6) is 0.602. The monoisotopic (exact) mass is 235 g/mol. The van der Waals surface area contributed by atoms with Crippen molar-refractivity contribution < 1.29 is 5.11 Å². The number of nitrogens with one attached hydrogen (secondary N) is 1. The lowest BCUT2D eigenvalue weighted by molar-refractivity contribution is 0.165. The van der Waals surface area contributed by atoms with Crippen LogP contribution in [0.2, 0.25) is 0 Å². The Morgan fingerprint density at radius 2 is 2.00 bits per heavy atom. The molecule has 2 N–H and O–H groups in total. The molecule has 0 spiro atoms. The number of aliphatic hydroxyl groups excluding tert-OH is 1. The van der Waals surface area contributed by atoms with Crippen molar-refractivity contribution in [2.24, 2.45) is 5.92 Å². The van der Waals surface area contributed by atoms with Crippen molar-refractivity contribution in [3.05, 3.63) is 35.4 Å². The van der Waals surface area contributed by atoms with Crippen LogP contribution < -0.4 is 5.32 Å². The molecular formula is C15H25NO. The summed E-state index contributed by atoms with van der Waals surface area (Å²) in [6, 6.07) is 8.55. The lowest BCUT2D eigenvalue weighted by atomic mass is 10.0. The van der Waals surface area contributed by atoms with E-state index in [1.165, 1.54) is 5.56 Å². The molecule has 2 unspecified atom stereocenters. The molecule has 17 heavy (non-hydrogen) atoms. The average molecular weight is 235 g/mol. The Bertz CT molecular complexity index is 335. The van der Waals surface area contributed by atoms with Crippen LogP contribution in [0.4, 0.5) is 0 Å². The third kappa shape index (κ3) is 4.49. The lowest BCUT2D eigenvalue weighted by Crippen LogP contribution is -2.36. The fourth-order valence-electron chi connectivity index (χ4n) is 2.11. The van der Waals surface area contributed by atoms with E-state index in [1.54, 1.807) is 0 Å². The van der Waals surface area contributed by atoms with Crippen molar-refractivity contribution in [1.82, 2.24) is 5.32 Å². The summed E-state index contributed by atoms with van der Waals surface area (Å²) >= 11 is 0. The molecular weight excluding hydrogens is 210 g/mol. The van der Waals surface area contributed by atoms with Gasteiger partial charge in [0.2, 0.25) is 0 Å². The predicted molar refractivity (Wildman–Crippen MR) is 73.1 cm³/mol. The molecule has 2 heteroatoms. The van der Waals surface area contributed by atoms with E-state index in [0.29, 0.717) is 18.5 Å². The Morgan fingerprint density at radius 1 is 1.29 bits per heavy atom. The third-order valence-electron chi connectivity index (χ3n) is 3.24. The molecule has 1 aromatic carbocycles. The summed E-state index contributed by atoms with van der Waals surface area (Å²) in [5.41, 5.74) is 2.19. The highest BCUT2D eigenvalue weighted by Gasteiger charge is 2.13. The van der Waals surface area contributed by atoms with Crippen LogP contribution in [0.15, 0.2) is 24.3 Å². The van der Waals surface area contributed by atoms with Crippen molar-refractivity contribution in [3.8, 4) is 0 Å². The van der Waals surface area contributed by atoms with Crippen LogP contribution in [0.3, 0.4) is 0 Å². The quantitative estimate of drug-likeness (QED) is 0.794. The highest BCUT2D eigenvalue weighted by atomic mass is 16.3. The minimum Gasteiger partial charge on any atom is -0.387 e. The van der Waals surface area contributed by atoms with Crippen molar-refractivity contribution >= 4 is 0 Å². The fraction of sp³-hybridized carbons (Fsp3) is 0.600. The summed E-state index contributed by atoms with van der Waals surface area (Å²) < 4.78 is 0. The van der Waals surface area contributed by atoms with Gasteiger partial charge in [-0.3, -0.25) is 0 Å². The molecule has 0 radical (unpaired) electrons. The average Bonchev–Trinajstić information content (AvgIpc) is 2.29. The second-order valence-corrected chi connectivity index (χ2v) is 5.10. The van der Waals surface area contributed by atoms with Gasteiger partial charge < -0.3 is 10.4 Å². The maximum Gasteiger partial charge on any atom is 0.0914 e. The Labute approximate surface area is 105 Å². The van der Waals surface area contributed by atoms with E-state index in [-0.39, 0.29) is 0 Å². The fourth-order valence-corrected chi connectivity index (χ4v) is 2.11. The largest absolute Gasteiger partial charge is 0.387 e. The molecule has 0 heterocycles. The molecule has 0 saturated heterocycles. The minimum atomic E-state index is -0.414. The molecule has 0 fully saturated rings. The van der Waals surface area contributed by atoms with Crippen LogP contribution in [0.5, 0.6) is 0 Å². The summed E-state index contributed by atoms with van der Waals surface area (Å²) in [4.78, 5) is 0. The molecule has 0 aliphatic carbocycles. The smallest absolute Gasteiger partial charge is 0.0914 e. The highest BCUT2D eigenvalue weighted by Crippen LogP contribution is 2.14. The molecule has 0 aliphatic heterocycles. The first-order valence-corrected chi connectivity index (χ1v) is 6.52. The first-order chi connectivity index (χ1) is 8.04. The topological polar surface area (TPSA) is 32.3 Å². The number of aliphatic hydroxyl groups is 1. The zero-order chi connectivity index (χ0) is 12.8. The normalized spacial score (nSPS) is 14.9. The summed E-state index contributed by atoms with van der Waals surface area (Å²) in [5, 5.41) is 13.5. The molecule has 2 nitrogen and oxygen atoms in total. The van der Waals surface area contributed by atoms with Gasteiger partial charge in [0.25, 0.3) is 0 Å². The summed E-state index contributed by atoms with van der Waals surface area (Å²) in [7, 11) is 0. The van der Waals surface area contributed by atoms with E-state index in [1.807, 2.05) is 31.2 Å². The van der Waals surface area contributed by atoms with E-state index in [9.17, 15) is 5.11 Å². The molecule has 1 rings (SSSR count). The second-order valence-electron chi connectivity index (χ2n) is 5.10. The zero-order valence-corrected chi connectivity index (χ0v) is 11.4. The van der Waals surface area contributed by atoms with Crippen molar-refractivity contribution in [1.29, 1.82) is 0 Å². The van der Waals surface area contributed by atoms with Gasteiger partial charge in [0.15, 0.2) is 0 Å². The summed E-state index contributed by atoms with van der Waals surface area (Å²) in [6.07, 6.45) is 0.681. The van der Waals surface area contributed by atoms with Gasteiger partial charge in [-0.1, -0.05) is 50.6 Å². The Morgan fingerprint density at radius 3 is 2.53 bits per heavy atom. The van der Waals surface area contributed by atoms with Crippen LogP contribution in [-0.2, 0) is 0 Å². The minimum absolute atomic E-state index is 0.414. The summed E-state index contributed by atoms with van der Waals surface area (Å²) in [6.45, 7) is 9.27. The van der Waals surface area contributed by atoms with Crippen molar-refractivity contribution in [3.63, 3.8) is 0 Å². The zero-order valence-electron chi connectivity index (χ0n) is 11.4. The third-order valence-corrected chi connectivity index (χ3v) is 3.24. The Kier molecular flexibility index (Phi) is 5.66. The van der Waals surface area contributed by atoms with Crippen LogP contribution in [0.25, 0.3) is 0 Å². The van der Waals surface area contributed by atoms with Gasteiger partial charge in [0.1, 0.15) is 0 Å². The van der Waals surface area contributed by atoms with Gasteiger partial charge in [-0.25, -0.2) is 0 Å². The predicted octanol–water partition coefficient (Wildman–Crippen LogP) is 3.05. The lowest BCUT2D eigenvalue weighted by Gasteiger charge is -2.23. The van der Waals surface area contributed by atoms with E-state index in [4.69, 9.17) is 0 Å². The number of hydrogen-bond donors (Lipinski definition) is 2. The Balaban J connectivity index is 2.52. The molecule has 96 valence electrons. The van der Waals surface area contributed by atoms with E-state index in [0.717, 1.165) is 12.0 Å². The van der Waals surface area contributed by atoms with Crippen molar-refractivity contribution in [2.45, 2.75) is 46.3 Å². The van der Waals surface area contributed by atoms with E-state index in [2.05, 4.69) is 26.1 Å². The van der Waals surface area contributed by atoms with Gasteiger partial charge in [0.05, 0.1) is 6.10 Å². The first-order valence-electron chi connectivity index (χ1n) is 6.52. The standard InChI is InChI=1S/C15H25NO/c1-5-14(11(2)3)16-10-15(17)13-8-6-7-12(4)9-13/h6-9,11,14-17H,5,10H2,1-4H3. The van der Waals surface area contributed by atoms with Gasteiger partial charge in [-0.15, -0.1) is 0 Å². The maximum atomic E-state index is 10.1. The number of aryl methyl sites for hydroxylation is 1. The van der Waals surface area contributed by atoms with Crippen LogP contribution in [0.1, 0.15) is 44.4 Å². The highest BCUT2D eigenvalue weighted by molar-refractivity contribution is 5.24. The molecule has 2 atom stereocenters. The molecule has 0 saturated carbocycles. The Hall–Kier alpha value is -0.860. The maximum absolute atomic E-state index is 10.1. The molecule has 0 aliphatic rings. The molecule has 0 amide bonds. The van der Waals surface area contributed by atoms with E-state index >= 15 is 0 Å². The SMILES string of the molecule is CCC(NCC(O)c1cccc(C)c1)C(C)C. The number of hydrogen-bond acceptors (Lipinski definition) is 2. The number of benzene rings is 1. The number of rotatable bonds is 6. The van der Waals surface area contributed by atoms with Crippen LogP contribution in [0, 0.1) is 12.8 Å². The van der Waals surface area contributed by atoms with Crippen LogP contribution in [-0.4, -0.2) is 17.7 Å².